The van der Waals surface area contributed by atoms with Crippen LogP contribution in [0.2, 0.25) is 0 Å². The van der Waals surface area contributed by atoms with Gasteiger partial charge in [0.15, 0.2) is 22.3 Å². The molecular formula is C52H45N5O10S2. The highest BCUT2D eigenvalue weighted by Gasteiger charge is 2.54. The molecule has 0 bridgehead atoms. The van der Waals surface area contributed by atoms with E-state index in [4.69, 9.17) is 28.8 Å². The predicted molar refractivity (Wildman–Crippen MR) is 261 cm³/mol. The Balaban J connectivity index is 1.07. The van der Waals surface area contributed by atoms with Crippen LogP contribution in [0.15, 0.2) is 161 Å². The molecule has 0 aliphatic carbocycles. The number of rotatable bonds is 17. The van der Waals surface area contributed by atoms with Crippen LogP contribution in [0.1, 0.15) is 47.4 Å². The number of thioether (sulfide) groups is 1. The molecule has 0 spiro atoms. The van der Waals surface area contributed by atoms with Gasteiger partial charge in [0.2, 0.25) is 0 Å². The van der Waals surface area contributed by atoms with Crippen molar-refractivity contribution in [1.82, 2.24) is 15.2 Å². The van der Waals surface area contributed by atoms with Gasteiger partial charge in [0.05, 0.1) is 7.11 Å². The van der Waals surface area contributed by atoms with Crippen LogP contribution in [0, 0.1) is 0 Å². The third-order valence-corrected chi connectivity index (χ3v) is 13.1. The minimum Gasteiger partial charge on any atom is -0.497 e. The summed E-state index contributed by atoms with van der Waals surface area (Å²) in [5, 5.41) is 12.0. The zero-order valence-electron chi connectivity index (χ0n) is 37.7. The molecule has 2 aliphatic heterocycles. The number of aromatic nitrogens is 1. The molecule has 6 aromatic rings. The summed E-state index contributed by atoms with van der Waals surface area (Å²) in [4.78, 5) is 77.8. The predicted octanol–water partition coefficient (Wildman–Crippen LogP) is 7.87. The van der Waals surface area contributed by atoms with Crippen LogP contribution in [0.5, 0.6) is 17.2 Å². The van der Waals surface area contributed by atoms with Gasteiger partial charge in [0, 0.05) is 30.5 Å². The summed E-state index contributed by atoms with van der Waals surface area (Å²) >= 11 is 2.58. The van der Waals surface area contributed by atoms with Gasteiger partial charge in [0.25, 0.3) is 11.8 Å². The summed E-state index contributed by atoms with van der Waals surface area (Å²) in [6.07, 6.45) is 3.18. The minimum absolute atomic E-state index is 0.00993. The lowest BCUT2D eigenvalue weighted by molar-refractivity contribution is -0.153. The SMILES string of the molecule is CO/N=C(\C(=O)N[C@@H]1C(=O)N2C(C(=O)OCc3ccc(OC)cc3)=C(C=Cc3cccc(OC(C)=O)c3OC(C)=O)CS[C@H]12)c1csc(NC(c2ccccc2)(c2ccccc2)c2ccccc2)n1. The highest BCUT2D eigenvalue weighted by atomic mass is 32.2. The van der Waals surface area contributed by atoms with Crippen LogP contribution < -0.4 is 24.8 Å². The minimum atomic E-state index is -1.08. The Hall–Kier alpha value is -8.02. The van der Waals surface area contributed by atoms with Crippen molar-refractivity contribution in [2.24, 2.45) is 5.16 Å². The fraction of sp³-hybridized carbons (Fsp3) is 0.173. The number of anilines is 1. The molecule has 2 atom stereocenters. The average Bonchev–Trinajstić information content (AvgIpc) is 3.83. The standard InChI is InChI=1S/C52H45N5O10S2/c1-32(58)66-42-22-14-15-35(46(42)67-33(2)59)25-26-36-30-68-49-44(48(61)57(49)45(36)50(62)65-29-34-23-27-40(63-3)28-24-34)54-47(60)43(56-64-4)41-31-69-51(53-41)55-52(37-16-8-5-9-17-37,38-18-10-6-11-19-38)39-20-12-7-13-21-39/h5-28,31,44,49H,29-30H2,1-4H3,(H,53,55)(H,54,60)/b26-25?,56-43-/t44-,49-/m1/s1. The van der Waals surface area contributed by atoms with E-state index in [9.17, 15) is 24.0 Å². The van der Waals surface area contributed by atoms with E-state index in [1.807, 2.05) is 91.0 Å². The highest BCUT2D eigenvalue weighted by Crippen LogP contribution is 2.43. The van der Waals surface area contributed by atoms with Gasteiger partial charge in [-0.25, -0.2) is 9.78 Å². The Bertz CT molecular complexity index is 2860. The molecule has 2 amide bonds. The molecule has 3 heterocycles. The van der Waals surface area contributed by atoms with Gasteiger partial charge in [-0.05, 0) is 46.0 Å². The topological polar surface area (TPSA) is 184 Å². The van der Waals surface area contributed by atoms with E-state index in [0.717, 1.165) is 16.7 Å². The van der Waals surface area contributed by atoms with Gasteiger partial charge >= 0.3 is 17.9 Å². The van der Waals surface area contributed by atoms with Gasteiger partial charge in [-0.3, -0.25) is 24.1 Å². The van der Waals surface area contributed by atoms with Gasteiger partial charge in [-0.1, -0.05) is 133 Å². The summed E-state index contributed by atoms with van der Waals surface area (Å²) in [6.45, 7) is 2.32. The van der Waals surface area contributed by atoms with Crippen LogP contribution >= 0.6 is 23.1 Å². The second-order valence-corrected chi connectivity index (χ2v) is 17.5. The smallest absolute Gasteiger partial charge is 0.355 e. The van der Waals surface area contributed by atoms with Crippen LogP contribution in [0.4, 0.5) is 5.13 Å². The second-order valence-electron chi connectivity index (χ2n) is 15.5. The number of fused-ring (bicyclic) bond motifs is 1. The summed E-state index contributed by atoms with van der Waals surface area (Å²) in [6, 6.07) is 40.6. The molecule has 0 radical (unpaired) electrons. The molecule has 1 saturated heterocycles. The van der Waals surface area contributed by atoms with Crippen LogP contribution in [0.3, 0.4) is 0 Å². The Morgan fingerprint density at radius 1 is 0.797 bits per heavy atom. The Labute approximate surface area is 405 Å². The van der Waals surface area contributed by atoms with E-state index in [1.165, 1.54) is 55.0 Å². The maximum absolute atomic E-state index is 14.2. The number of hydrogen-bond acceptors (Lipinski definition) is 15. The number of β-lactam (4-membered cyclic amide) rings is 1. The largest absolute Gasteiger partial charge is 0.497 e. The molecule has 1 fully saturated rings. The number of esters is 3. The van der Waals surface area contributed by atoms with Crippen molar-refractivity contribution in [1.29, 1.82) is 0 Å². The number of methoxy groups -OCH3 is 1. The van der Waals surface area contributed by atoms with E-state index < -0.39 is 46.7 Å². The zero-order chi connectivity index (χ0) is 48.5. The lowest BCUT2D eigenvalue weighted by atomic mass is 9.77. The quantitative estimate of drug-likeness (QED) is 0.0225. The second kappa shape index (κ2) is 21.3. The summed E-state index contributed by atoms with van der Waals surface area (Å²) in [5.74, 6) is -2.53. The fourth-order valence-corrected chi connectivity index (χ4v) is 10.00. The molecule has 1 aromatic heterocycles. The zero-order valence-corrected chi connectivity index (χ0v) is 39.4. The van der Waals surface area contributed by atoms with Crippen molar-refractivity contribution in [2.75, 3.05) is 25.3 Å². The number of amides is 2. The number of oxime groups is 1. The molecule has 8 rings (SSSR count). The number of allylic oxidation sites excluding steroid dienone is 1. The van der Waals surface area contributed by atoms with E-state index in [1.54, 1.807) is 61.0 Å². The number of carbonyl (C=O) groups excluding carboxylic acids is 5. The number of para-hydroxylation sites is 1. The van der Waals surface area contributed by atoms with Crippen LogP contribution in [-0.2, 0) is 45.7 Å². The first-order valence-electron chi connectivity index (χ1n) is 21.5. The van der Waals surface area contributed by atoms with Crippen molar-refractivity contribution < 1.29 is 47.8 Å². The van der Waals surface area contributed by atoms with Gasteiger partial charge in [-0.2, -0.15) is 0 Å². The van der Waals surface area contributed by atoms with E-state index in [-0.39, 0.29) is 41.0 Å². The van der Waals surface area contributed by atoms with Gasteiger partial charge in [-0.15, -0.1) is 23.1 Å². The van der Waals surface area contributed by atoms with Crippen molar-refractivity contribution in [3.63, 3.8) is 0 Å². The monoisotopic (exact) mass is 963 g/mol. The first kappa shape index (κ1) is 47.5. The molecule has 2 N–H and O–H groups in total. The summed E-state index contributed by atoms with van der Waals surface area (Å²) in [7, 11) is 2.85. The molecule has 69 heavy (non-hydrogen) atoms. The number of hydrogen-bond donors (Lipinski definition) is 2. The first-order valence-corrected chi connectivity index (χ1v) is 23.4. The number of ether oxygens (including phenoxy) is 4. The Kier molecular flexibility index (Phi) is 14.7. The average molecular weight is 964 g/mol. The fourth-order valence-electron chi connectivity index (χ4n) is 7.93. The lowest BCUT2D eigenvalue weighted by Crippen LogP contribution is -2.71. The van der Waals surface area contributed by atoms with E-state index in [2.05, 4.69) is 15.8 Å². The summed E-state index contributed by atoms with van der Waals surface area (Å²) in [5.41, 5.74) is 3.40. The molecule has 0 saturated carbocycles. The number of nitrogens with one attached hydrogen (secondary N) is 2. The number of carbonyl (C=O) groups is 5. The van der Waals surface area contributed by atoms with E-state index >= 15 is 0 Å². The molecule has 5 aromatic carbocycles. The Morgan fingerprint density at radius 3 is 2.00 bits per heavy atom. The summed E-state index contributed by atoms with van der Waals surface area (Å²) < 4.78 is 21.8. The normalized spacial score (nSPS) is 15.7. The van der Waals surface area contributed by atoms with Crippen LogP contribution in [0.25, 0.3) is 6.08 Å². The third kappa shape index (κ3) is 10.3. The Morgan fingerprint density at radius 2 is 1.42 bits per heavy atom. The first-order chi connectivity index (χ1) is 33.5. The lowest BCUT2D eigenvalue weighted by Gasteiger charge is -2.49. The third-order valence-electron chi connectivity index (χ3n) is 11.0. The highest BCUT2D eigenvalue weighted by molar-refractivity contribution is 8.00. The van der Waals surface area contributed by atoms with Crippen molar-refractivity contribution >= 4 is 69.7 Å². The van der Waals surface area contributed by atoms with Crippen molar-refractivity contribution in [3.05, 3.63) is 190 Å². The molecule has 15 nitrogen and oxygen atoms in total. The van der Waals surface area contributed by atoms with Crippen LogP contribution in [-0.4, -0.2) is 76.7 Å². The van der Waals surface area contributed by atoms with Gasteiger partial charge in [0.1, 0.15) is 47.8 Å². The maximum Gasteiger partial charge on any atom is 0.355 e. The van der Waals surface area contributed by atoms with E-state index in [0.29, 0.717) is 27.6 Å². The molecule has 0 unspecified atom stereocenters. The van der Waals surface area contributed by atoms with Crippen molar-refractivity contribution in [3.8, 4) is 17.2 Å². The number of nitrogens with zero attached hydrogens (tertiary/aromatic N) is 3. The molecule has 350 valence electrons. The number of thiazole rings is 1. The molecule has 2 aliphatic rings. The van der Waals surface area contributed by atoms with Gasteiger partial charge < -0.3 is 34.4 Å². The number of benzene rings is 5. The maximum atomic E-state index is 14.2. The van der Waals surface area contributed by atoms with Crippen molar-refractivity contribution in [2.45, 2.75) is 37.4 Å². The molecular weight excluding hydrogens is 919 g/mol. The molecule has 17 heteroatoms.